The van der Waals surface area contributed by atoms with Gasteiger partial charge in [0.25, 0.3) is 0 Å². The van der Waals surface area contributed by atoms with Crippen LogP contribution in [0, 0.1) is 0 Å². The maximum absolute atomic E-state index is 12.4. The average molecular weight is 233 g/mol. The van der Waals surface area contributed by atoms with Gasteiger partial charge < -0.3 is 4.74 Å². The topological polar surface area (TPSA) is 21.6 Å². The van der Waals surface area contributed by atoms with Crippen molar-refractivity contribution in [3.05, 3.63) is 23.8 Å². The molecule has 0 bridgehead atoms. The first-order valence-electron chi connectivity index (χ1n) is 3.82. The third-order valence-corrected chi connectivity index (χ3v) is 1.76. The molecule has 1 aromatic rings. The van der Waals surface area contributed by atoms with Gasteiger partial charge in [-0.2, -0.15) is 18.2 Å². The van der Waals surface area contributed by atoms with Crippen LogP contribution in [-0.2, 0) is 6.18 Å². The van der Waals surface area contributed by atoms with E-state index in [0.29, 0.717) is 0 Å². The number of ether oxygens (including phenoxy) is 1. The van der Waals surface area contributed by atoms with Crippen molar-refractivity contribution in [2.45, 2.75) is 6.18 Å². The Balaban J connectivity index is 3.27. The molecular formula is C9H6F3NOS. The van der Waals surface area contributed by atoms with Crippen LogP contribution in [-0.4, -0.2) is 12.3 Å². The molecule has 0 radical (unpaired) electrons. The summed E-state index contributed by atoms with van der Waals surface area (Å²) in [5.74, 6) is -0.283. The molecule has 0 atom stereocenters. The van der Waals surface area contributed by atoms with Crippen molar-refractivity contribution in [2.75, 3.05) is 7.11 Å². The minimum absolute atomic E-state index is 0.273. The summed E-state index contributed by atoms with van der Waals surface area (Å²) in [6.45, 7) is 0. The van der Waals surface area contributed by atoms with E-state index in [-0.39, 0.29) is 11.4 Å². The maximum atomic E-state index is 12.4. The molecule has 0 fully saturated rings. The third kappa shape index (κ3) is 2.78. The quantitative estimate of drug-likeness (QED) is 0.576. The molecule has 0 spiro atoms. The van der Waals surface area contributed by atoms with Gasteiger partial charge in [-0.05, 0) is 24.4 Å². The van der Waals surface area contributed by atoms with Crippen molar-refractivity contribution >= 4 is 23.1 Å². The summed E-state index contributed by atoms with van der Waals surface area (Å²) in [6.07, 6.45) is -4.44. The molecule has 0 heterocycles. The molecular weight excluding hydrogens is 227 g/mol. The summed E-state index contributed by atoms with van der Waals surface area (Å²) < 4.78 is 41.8. The predicted octanol–water partition coefficient (Wildman–Crippen LogP) is 3.45. The molecule has 0 aromatic heterocycles. The Bertz CT molecular complexity index is 410. The minimum Gasteiger partial charge on any atom is -0.496 e. The molecule has 0 aliphatic heterocycles. The number of alkyl halides is 3. The predicted molar refractivity (Wildman–Crippen MR) is 52.7 cm³/mol. The molecule has 1 aromatic carbocycles. The van der Waals surface area contributed by atoms with Crippen molar-refractivity contribution in [3.63, 3.8) is 0 Å². The van der Waals surface area contributed by atoms with Crippen LogP contribution in [0.2, 0.25) is 0 Å². The highest BCUT2D eigenvalue weighted by molar-refractivity contribution is 7.78. The van der Waals surface area contributed by atoms with Crippen LogP contribution in [0.1, 0.15) is 5.56 Å². The third-order valence-electron chi connectivity index (χ3n) is 1.67. The number of halogens is 3. The summed E-state index contributed by atoms with van der Waals surface area (Å²) >= 11 is 4.34. The zero-order valence-electron chi connectivity index (χ0n) is 7.63. The van der Waals surface area contributed by atoms with Gasteiger partial charge >= 0.3 is 6.18 Å². The maximum Gasteiger partial charge on any atom is 0.419 e. The Kier molecular flexibility index (Phi) is 3.44. The van der Waals surface area contributed by atoms with Crippen molar-refractivity contribution in [2.24, 2.45) is 4.99 Å². The molecule has 6 heteroatoms. The van der Waals surface area contributed by atoms with E-state index in [4.69, 9.17) is 0 Å². The lowest BCUT2D eigenvalue weighted by Crippen LogP contribution is -2.06. The number of hydrogen-bond donors (Lipinski definition) is 0. The van der Waals surface area contributed by atoms with E-state index >= 15 is 0 Å². The molecule has 0 N–H and O–H groups in total. The number of hydrogen-bond acceptors (Lipinski definition) is 3. The van der Waals surface area contributed by atoms with Crippen molar-refractivity contribution in [1.29, 1.82) is 0 Å². The Morgan fingerprint density at radius 2 is 2.07 bits per heavy atom. The molecule has 15 heavy (non-hydrogen) atoms. The van der Waals surface area contributed by atoms with Crippen molar-refractivity contribution in [1.82, 2.24) is 0 Å². The van der Waals surface area contributed by atoms with Crippen LogP contribution in [0.4, 0.5) is 18.9 Å². The fraction of sp³-hybridized carbons (Fsp3) is 0.222. The largest absolute Gasteiger partial charge is 0.496 e. The first-order valence-corrected chi connectivity index (χ1v) is 4.23. The number of nitrogens with zero attached hydrogens (tertiary/aromatic N) is 1. The molecule has 0 saturated heterocycles. The number of aliphatic imine (C=N–C) groups is 1. The number of benzene rings is 1. The Hall–Kier alpha value is -1.39. The molecule has 0 aliphatic carbocycles. The van der Waals surface area contributed by atoms with Gasteiger partial charge in [-0.3, -0.25) is 0 Å². The zero-order valence-corrected chi connectivity index (χ0v) is 8.45. The molecule has 2 nitrogen and oxygen atoms in total. The first kappa shape index (κ1) is 11.7. The molecule has 0 amide bonds. The van der Waals surface area contributed by atoms with E-state index in [2.05, 4.69) is 27.1 Å². The molecule has 0 unspecified atom stereocenters. The highest BCUT2D eigenvalue weighted by atomic mass is 32.1. The molecule has 0 saturated carbocycles. The normalized spacial score (nSPS) is 10.7. The number of rotatable bonds is 2. The standard InChI is InChI=1S/C9H6F3NOS/c1-14-8-4-6(13-5-15)2-3-7(8)9(10,11)12/h2-4H,1H3. The summed E-state index contributed by atoms with van der Waals surface area (Å²) in [4.78, 5) is 3.56. The molecule has 1 rings (SSSR count). The monoisotopic (exact) mass is 233 g/mol. The highest BCUT2D eigenvalue weighted by Crippen LogP contribution is 2.37. The summed E-state index contributed by atoms with van der Waals surface area (Å²) in [6, 6.07) is 3.25. The van der Waals surface area contributed by atoms with Gasteiger partial charge in [0, 0.05) is 6.07 Å². The second-order valence-electron chi connectivity index (χ2n) is 2.59. The van der Waals surface area contributed by atoms with E-state index < -0.39 is 11.7 Å². The average Bonchev–Trinajstić information content (AvgIpc) is 2.16. The van der Waals surface area contributed by atoms with E-state index in [9.17, 15) is 13.2 Å². The van der Waals surface area contributed by atoms with Crippen LogP contribution in [0.15, 0.2) is 23.2 Å². The Labute approximate surface area is 89.4 Å². The van der Waals surface area contributed by atoms with Gasteiger partial charge in [0.2, 0.25) is 0 Å². The van der Waals surface area contributed by atoms with Gasteiger partial charge in [0.15, 0.2) is 0 Å². The number of thiocarbonyl (C=S) groups is 1. The smallest absolute Gasteiger partial charge is 0.419 e. The lowest BCUT2D eigenvalue weighted by Gasteiger charge is -2.11. The fourth-order valence-corrected chi connectivity index (χ4v) is 1.14. The minimum atomic E-state index is -4.44. The zero-order chi connectivity index (χ0) is 11.5. The summed E-state index contributed by atoms with van der Waals surface area (Å²) in [5, 5.41) is 2.07. The summed E-state index contributed by atoms with van der Waals surface area (Å²) in [5.41, 5.74) is -0.567. The Morgan fingerprint density at radius 3 is 2.53 bits per heavy atom. The first-order chi connectivity index (χ1) is 6.99. The van der Waals surface area contributed by atoms with Crippen molar-refractivity contribution < 1.29 is 17.9 Å². The second-order valence-corrected chi connectivity index (χ2v) is 2.77. The van der Waals surface area contributed by atoms with Crippen LogP contribution in [0.3, 0.4) is 0 Å². The number of methoxy groups -OCH3 is 1. The van der Waals surface area contributed by atoms with Gasteiger partial charge in [0.1, 0.15) is 5.75 Å². The van der Waals surface area contributed by atoms with Gasteiger partial charge in [-0.15, -0.1) is 0 Å². The van der Waals surface area contributed by atoms with Crippen LogP contribution < -0.4 is 4.74 Å². The van der Waals surface area contributed by atoms with Gasteiger partial charge in [0.05, 0.1) is 23.5 Å². The SMILES string of the molecule is COc1cc(N=C=S)ccc1C(F)(F)F. The van der Waals surface area contributed by atoms with Crippen LogP contribution in [0.25, 0.3) is 0 Å². The van der Waals surface area contributed by atoms with Crippen LogP contribution >= 0.6 is 12.2 Å². The summed E-state index contributed by atoms with van der Waals surface area (Å²) in [7, 11) is 1.16. The molecule has 0 aliphatic rings. The number of isothiocyanates is 1. The van der Waals surface area contributed by atoms with E-state index in [1.54, 1.807) is 0 Å². The highest BCUT2D eigenvalue weighted by Gasteiger charge is 2.34. The fourth-order valence-electron chi connectivity index (χ4n) is 1.04. The van der Waals surface area contributed by atoms with Gasteiger partial charge in [-0.1, -0.05) is 0 Å². The Morgan fingerprint density at radius 1 is 1.40 bits per heavy atom. The lowest BCUT2D eigenvalue weighted by atomic mass is 10.2. The van der Waals surface area contributed by atoms with Gasteiger partial charge in [-0.25, -0.2) is 0 Å². The van der Waals surface area contributed by atoms with Crippen LogP contribution in [0.5, 0.6) is 5.75 Å². The second kappa shape index (κ2) is 4.42. The lowest BCUT2D eigenvalue weighted by molar-refractivity contribution is -0.138. The van der Waals surface area contributed by atoms with Crippen molar-refractivity contribution in [3.8, 4) is 5.75 Å². The van der Waals surface area contributed by atoms with E-state index in [0.717, 1.165) is 19.2 Å². The van der Waals surface area contributed by atoms with E-state index in [1.165, 1.54) is 6.07 Å². The molecule has 80 valence electrons. The van der Waals surface area contributed by atoms with E-state index in [1.807, 2.05) is 0 Å².